The van der Waals surface area contributed by atoms with E-state index in [9.17, 15) is 14.4 Å². The number of rotatable bonds is 2. The summed E-state index contributed by atoms with van der Waals surface area (Å²) in [5.74, 6) is -1.25. The number of amides is 3. The van der Waals surface area contributed by atoms with E-state index in [1.165, 1.54) is 12.5 Å². The Morgan fingerprint density at radius 3 is 3.00 bits per heavy atom. The molecule has 1 saturated heterocycles. The first-order valence-electron chi connectivity index (χ1n) is 6.07. The molecule has 20 heavy (non-hydrogen) atoms. The lowest BCUT2D eigenvalue weighted by molar-refractivity contribution is -0.134. The zero-order valence-electron chi connectivity index (χ0n) is 10.3. The van der Waals surface area contributed by atoms with Gasteiger partial charge in [-0.25, -0.2) is 4.98 Å². The number of hydrogen-bond donors (Lipinski definition) is 3. The van der Waals surface area contributed by atoms with E-state index in [0.717, 1.165) is 0 Å². The van der Waals surface area contributed by atoms with Crippen LogP contribution < -0.4 is 10.6 Å². The number of aromatic amines is 1. The van der Waals surface area contributed by atoms with E-state index >= 15 is 0 Å². The maximum Gasteiger partial charge on any atom is 0.255 e. The van der Waals surface area contributed by atoms with E-state index in [-0.39, 0.29) is 17.9 Å². The van der Waals surface area contributed by atoms with E-state index in [1.54, 1.807) is 6.20 Å². The van der Waals surface area contributed by atoms with E-state index in [1.807, 2.05) is 0 Å². The molecule has 8 heteroatoms. The van der Waals surface area contributed by atoms with E-state index < -0.39 is 17.9 Å². The SMILES string of the molecule is O=C1CCC(NC(=O)c2cncc3[nH]cnc23)C(=O)N1. The van der Waals surface area contributed by atoms with Crippen molar-refractivity contribution in [2.75, 3.05) is 0 Å². The van der Waals surface area contributed by atoms with Gasteiger partial charge in [0.25, 0.3) is 5.91 Å². The molecular weight excluding hydrogens is 262 g/mol. The predicted molar refractivity (Wildman–Crippen MR) is 67.5 cm³/mol. The molecule has 102 valence electrons. The summed E-state index contributed by atoms with van der Waals surface area (Å²) in [5, 5.41) is 4.78. The number of imidazole rings is 1. The fourth-order valence-corrected chi connectivity index (χ4v) is 2.10. The summed E-state index contributed by atoms with van der Waals surface area (Å²) in [7, 11) is 0. The third kappa shape index (κ3) is 2.11. The van der Waals surface area contributed by atoms with Crippen LogP contribution in [0.2, 0.25) is 0 Å². The van der Waals surface area contributed by atoms with Crippen LogP contribution in [0.3, 0.4) is 0 Å². The molecule has 0 aromatic carbocycles. The standard InChI is InChI=1S/C12H11N5O3/c18-9-2-1-7(12(20)17-9)16-11(19)6-3-13-4-8-10(6)15-5-14-8/h3-5,7H,1-2H2,(H,14,15)(H,16,19)(H,17,18,20). The van der Waals surface area contributed by atoms with Crippen molar-refractivity contribution < 1.29 is 14.4 Å². The monoisotopic (exact) mass is 273 g/mol. The van der Waals surface area contributed by atoms with Crippen LogP contribution in [-0.4, -0.2) is 38.7 Å². The molecule has 3 rings (SSSR count). The molecule has 0 aliphatic carbocycles. The summed E-state index contributed by atoms with van der Waals surface area (Å²) in [6.07, 6.45) is 4.92. The summed E-state index contributed by atoms with van der Waals surface area (Å²) in [6.45, 7) is 0. The van der Waals surface area contributed by atoms with Crippen molar-refractivity contribution in [2.45, 2.75) is 18.9 Å². The van der Waals surface area contributed by atoms with Gasteiger partial charge in [-0.2, -0.15) is 0 Å². The number of nitrogens with zero attached hydrogens (tertiary/aromatic N) is 2. The van der Waals surface area contributed by atoms with Crippen molar-refractivity contribution in [1.82, 2.24) is 25.6 Å². The number of carbonyl (C=O) groups is 3. The van der Waals surface area contributed by atoms with Gasteiger partial charge < -0.3 is 10.3 Å². The van der Waals surface area contributed by atoms with Crippen LogP contribution in [-0.2, 0) is 9.59 Å². The van der Waals surface area contributed by atoms with Crippen molar-refractivity contribution in [2.24, 2.45) is 0 Å². The summed E-state index contributed by atoms with van der Waals surface area (Å²) < 4.78 is 0. The van der Waals surface area contributed by atoms with Crippen molar-refractivity contribution in [3.63, 3.8) is 0 Å². The number of fused-ring (bicyclic) bond motifs is 1. The van der Waals surface area contributed by atoms with Gasteiger partial charge in [-0.3, -0.25) is 24.7 Å². The van der Waals surface area contributed by atoms with Gasteiger partial charge in [-0.05, 0) is 6.42 Å². The summed E-state index contributed by atoms with van der Waals surface area (Å²) >= 11 is 0. The molecule has 2 aromatic rings. The molecule has 3 N–H and O–H groups in total. The molecule has 3 heterocycles. The number of imide groups is 1. The van der Waals surface area contributed by atoms with Crippen molar-refractivity contribution in [3.8, 4) is 0 Å². The van der Waals surface area contributed by atoms with Crippen LogP contribution in [0.15, 0.2) is 18.7 Å². The van der Waals surface area contributed by atoms with Crippen LogP contribution in [0, 0.1) is 0 Å². The smallest absolute Gasteiger partial charge is 0.255 e. The van der Waals surface area contributed by atoms with Gasteiger partial charge >= 0.3 is 0 Å². The molecule has 1 aliphatic heterocycles. The van der Waals surface area contributed by atoms with E-state index in [4.69, 9.17) is 0 Å². The van der Waals surface area contributed by atoms with Gasteiger partial charge in [0.1, 0.15) is 11.6 Å². The van der Waals surface area contributed by atoms with Crippen molar-refractivity contribution >= 4 is 28.8 Å². The Bertz CT molecular complexity index is 708. The lowest BCUT2D eigenvalue weighted by Gasteiger charge is -2.21. The summed E-state index contributed by atoms with van der Waals surface area (Å²) in [6, 6.07) is -0.714. The third-order valence-corrected chi connectivity index (χ3v) is 3.12. The molecule has 1 aliphatic rings. The van der Waals surface area contributed by atoms with Gasteiger partial charge in [0.2, 0.25) is 11.8 Å². The van der Waals surface area contributed by atoms with Gasteiger partial charge in [-0.15, -0.1) is 0 Å². The zero-order valence-corrected chi connectivity index (χ0v) is 10.3. The Morgan fingerprint density at radius 1 is 1.35 bits per heavy atom. The number of piperidine rings is 1. The van der Waals surface area contributed by atoms with Gasteiger partial charge in [0.15, 0.2) is 0 Å². The van der Waals surface area contributed by atoms with Crippen LogP contribution in [0.1, 0.15) is 23.2 Å². The van der Waals surface area contributed by atoms with Crippen molar-refractivity contribution in [1.29, 1.82) is 0 Å². The first-order valence-corrected chi connectivity index (χ1v) is 6.07. The molecule has 0 spiro atoms. The fraction of sp³-hybridized carbons (Fsp3) is 0.250. The Morgan fingerprint density at radius 2 is 2.20 bits per heavy atom. The molecule has 8 nitrogen and oxygen atoms in total. The fourth-order valence-electron chi connectivity index (χ4n) is 2.10. The first-order chi connectivity index (χ1) is 9.65. The molecule has 1 fully saturated rings. The maximum absolute atomic E-state index is 12.2. The topological polar surface area (TPSA) is 117 Å². The Hall–Kier alpha value is -2.77. The quantitative estimate of drug-likeness (QED) is 0.637. The largest absolute Gasteiger partial charge is 0.343 e. The molecule has 2 aromatic heterocycles. The maximum atomic E-state index is 12.2. The minimum atomic E-state index is -0.714. The second-order valence-electron chi connectivity index (χ2n) is 4.46. The first kappa shape index (κ1) is 12.3. The minimum Gasteiger partial charge on any atom is -0.343 e. The second-order valence-corrected chi connectivity index (χ2v) is 4.46. The zero-order chi connectivity index (χ0) is 14.1. The predicted octanol–water partition coefficient (Wildman–Crippen LogP) is -0.507. The lowest BCUT2D eigenvalue weighted by Crippen LogP contribution is -2.52. The number of hydrogen-bond acceptors (Lipinski definition) is 5. The number of pyridine rings is 1. The average Bonchev–Trinajstić information content (AvgIpc) is 2.90. The highest BCUT2D eigenvalue weighted by molar-refractivity contribution is 6.07. The van der Waals surface area contributed by atoms with Crippen LogP contribution in [0.25, 0.3) is 11.0 Å². The molecule has 0 radical (unpaired) electrons. The summed E-state index contributed by atoms with van der Waals surface area (Å²) in [4.78, 5) is 45.7. The number of nitrogens with one attached hydrogen (secondary N) is 3. The molecule has 0 saturated carbocycles. The van der Waals surface area contributed by atoms with Gasteiger partial charge in [0.05, 0.1) is 23.6 Å². The van der Waals surface area contributed by atoms with E-state index in [0.29, 0.717) is 17.5 Å². The summed E-state index contributed by atoms with van der Waals surface area (Å²) in [5.41, 5.74) is 1.42. The average molecular weight is 273 g/mol. The molecule has 1 atom stereocenters. The number of aromatic nitrogens is 3. The molecular formula is C12H11N5O3. The Balaban J connectivity index is 1.81. The number of H-pyrrole nitrogens is 1. The van der Waals surface area contributed by atoms with E-state index in [2.05, 4.69) is 25.6 Å². The Kier molecular flexibility index (Phi) is 2.90. The van der Waals surface area contributed by atoms with Crippen molar-refractivity contribution in [3.05, 3.63) is 24.3 Å². The number of carbonyl (C=O) groups excluding carboxylic acids is 3. The minimum absolute atomic E-state index is 0.210. The highest BCUT2D eigenvalue weighted by atomic mass is 16.2. The van der Waals surface area contributed by atoms with Crippen LogP contribution in [0.5, 0.6) is 0 Å². The van der Waals surface area contributed by atoms with Crippen LogP contribution >= 0.6 is 0 Å². The van der Waals surface area contributed by atoms with Gasteiger partial charge in [-0.1, -0.05) is 0 Å². The van der Waals surface area contributed by atoms with Gasteiger partial charge in [0, 0.05) is 12.6 Å². The highest BCUT2D eigenvalue weighted by Gasteiger charge is 2.28. The second kappa shape index (κ2) is 4.72. The molecule has 1 unspecified atom stereocenters. The lowest BCUT2D eigenvalue weighted by atomic mass is 10.1. The molecule has 0 bridgehead atoms. The van der Waals surface area contributed by atoms with Crippen LogP contribution in [0.4, 0.5) is 0 Å². The third-order valence-electron chi connectivity index (χ3n) is 3.12. The normalized spacial score (nSPS) is 18.9. The highest BCUT2D eigenvalue weighted by Crippen LogP contribution is 2.13. The Labute approximate surface area is 113 Å². The molecule has 3 amide bonds.